The van der Waals surface area contributed by atoms with Gasteiger partial charge in [-0.15, -0.1) is 0 Å². The van der Waals surface area contributed by atoms with Crippen LogP contribution in [0.1, 0.15) is 6.92 Å². The van der Waals surface area contributed by atoms with Crippen molar-refractivity contribution in [2.75, 3.05) is 0 Å². The number of fused-ring (bicyclic) bond motifs is 9. The van der Waals surface area contributed by atoms with E-state index in [0.29, 0.717) is 0 Å². The zero-order chi connectivity index (χ0) is 25.9. The third-order valence-electron chi connectivity index (χ3n) is 8.37. The van der Waals surface area contributed by atoms with Crippen molar-refractivity contribution in [3.8, 4) is 22.3 Å². The summed E-state index contributed by atoms with van der Waals surface area (Å²) in [6.07, 6.45) is 0. The van der Waals surface area contributed by atoms with Gasteiger partial charge in [0.2, 0.25) is 0 Å². The minimum Gasteiger partial charge on any atom is -0.341 e. The van der Waals surface area contributed by atoms with E-state index in [1.54, 1.807) is 0 Å². The third-order valence-corrected chi connectivity index (χ3v) is 8.37. The molecule has 0 unspecified atom stereocenters. The largest absolute Gasteiger partial charge is 0.341 e. The van der Waals surface area contributed by atoms with Gasteiger partial charge in [-0.05, 0) is 85.8 Å². The minimum absolute atomic E-state index is 0.952. The summed E-state index contributed by atoms with van der Waals surface area (Å²) in [6, 6.07) is 49.1. The summed E-state index contributed by atoms with van der Waals surface area (Å²) in [6.45, 7) is 3.19. The standard InChI is InChI=1S/C38H27N/c1-2-39-37-15-9-8-14-32(37)36-23-34-31-21-20-28(27-18-16-26(17-19-27)25-10-4-3-5-11-25)22-33(31)29-12-6-7-13-30(29)35(34)24-38(36)39/h3-24H,2H2,1H3. The third kappa shape index (κ3) is 3.33. The lowest BCUT2D eigenvalue weighted by molar-refractivity contribution is 0.827. The first kappa shape index (κ1) is 22.1. The molecule has 184 valence electrons. The molecule has 0 amide bonds. The normalized spacial score (nSPS) is 11.8. The van der Waals surface area contributed by atoms with Crippen molar-refractivity contribution in [1.82, 2.24) is 4.57 Å². The van der Waals surface area contributed by atoms with Crippen LogP contribution < -0.4 is 0 Å². The van der Waals surface area contributed by atoms with Crippen molar-refractivity contribution >= 4 is 54.1 Å². The number of hydrogen-bond acceptors (Lipinski definition) is 0. The van der Waals surface area contributed by atoms with Crippen LogP contribution in [-0.2, 0) is 6.54 Å². The van der Waals surface area contributed by atoms with E-state index in [2.05, 4.69) is 145 Å². The topological polar surface area (TPSA) is 4.93 Å². The van der Waals surface area contributed by atoms with Crippen LogP contribution in [0.4, 0.5) is 0 Å². The van der Waals surface area contributed by atoms with Crippen molar-refractivity contribution in [2.24, 2.45) is 0 Å². The molecule has 0 aliphatic heterocycles. The predicted octanol–water partition coefficient (Wildman–Crippen LogP) is 10.6. The molecule has 1 aromatic heterocycles. The van der Waals surface area contributed by atoms with Crippen LogP contribution in [0.3, 0.4) is 0 Å². The van der Waals surface area contributed by atoms with Crippen molar-refractivity contribution in [1.29, 1.82) is 0 Å². The second-order valence-electron chi connectivity index (χ2n) is 10.4. The SMILES string of the molecule is CCn1c2ccccc2c2cc3c4ccc(-c5ccc(-c6ccccc6)cc5)cc4c4ccccc4c3cc21. The summed E-state index contributed by atoms with van der Waals surface area (Å²) in [5.41, 5.74) is 7.59. The van der Waals surface area contributed by atoms with Crippen LogP contribution in [0.5, 0.6) is 0 Å². The van der Waals surface area contributed by atoms with E-state index >= 15 is 0 Å². The van der Waals surface area contributed by atoms with E-state index in [4.69, 9.17) is 0 Å². The maximum Gasteiger partial charge on any atom is 0.0497 e. The van der Waals surface area contributed by atoms with Crippen molar-refractivity contribution in [2.45, 2.75) is 13.5 Å². The molecule has 0 aliphatic rings. The van der Waals surface area contributed by atoms with E-state index < -0.39 is 0 Å². The van der Waals surface area contributed by atoms with Gasteiger partial charge >= 0.3 is 0 Å². The number of benzene rings is 7. The van der Waals surface area contributed by atoms with E-state index in [0.717, 1.165) is 6.54 Å². The molecule has 0 atom stereocenters. The number of rotatable bonds is 3. The number of aromatic nitrogens is 1. The highest BCUT2D eigenvalue weighted by Crippen LogP contribution is 2.41. The summed E-state index contributed by atoms with van der Waals surface area (Å²) < 4.78 is 2.45. The highest BCUT2D eigenvalue weighted by Gasteiger charge is 2.15. The number of nitrogens with zero attached hydrogens (tertiary/aromatic N) is 1. The lowest BCUT2D eigenvalue weighted by atomic mass is 9.91. The summed E-state index contributed by atoms with van der Waals surface area (Å²) in [4.78, 5) is 0. The van der Waals surface area contributed by atoms with Crippen LogP contribution in [0.25, 0.3) is 76.4 Å². The number of hydrogen-bond donors (Lipinski definition) is 0. The van der Waals surface area contributed by atoms with Crippen LogP contribution in [0.2, 0.25) is 0 Å². The van der Waals surface area contributed by atoms with Crippen molar-refractivity contribution in [3.05, 3.63) is 133 Å². The van der Waals surface area contributed by atoms with E-state index in [1.807, 2.05) is 0 Å². The first-order chi connectivity index (χ1) is 19.3. The Bertz CT molecular complexity index is 2180. The van der Waals surface area contributed by atoms with Gasteiger partial charge in [-0.1, -0.05) is 109 Å². The molecule has 0 radical (unpaired) electrons. The fraction of sp³-hybridized carbons (Fsp3) is 0.0526. The van der Waals surface area contributed by atoms with Gasteiger partial charge in [0.15, 0.2) is 0 Å². The maximum atomic E-state index is 2.45. The Morgan fingerprint density at radius 1 is 0.359 bits per heavy atom. The average Bonchev–Trinajstić information content (AvgIpc) is 3.33. The van der Waals surface area contributed by atoms with Gasteiger partial charge in [-0.2, -0.15) is 0 Å². The molecule has 8 aromatic rings. The quantitative estimate of drug-likeness (QED) is 0.214. The predicted molar refractivity (Wildman–Crippen MR) is 169 cm³/mol. The van der Waals surface area contributed by atoms with Crippen LogP contribution in [0, 0.1) is 0 Å². The molecule has 0 N–H and O–H groups in total. The summed E-state index contributed by atoms with van der Waals surface area (Å²) in [7, 11) is 0. The van der Waals surface area contributed by atoms with Gasteiger partial charge in [0.05, 0.1) is 0 Å². The zero-order valence-electron chi connectivity index (χ0n) is 21.9. The van der Waals surface area contributed by atoms with Crippen LogP contribution >= 0.6 is 0 Å². The molecule has 0 fully saturated rings. The van der Waals surface area contributed by atoms with Crippen LogP contribution in [-0.4, -0.2) is 4.57 Å². The van der Waals surface area contributed by atoms with Gasteiger partial charge in [0.25, 0.3) is 0 Å². The fourth-order valence-electron chi connectivity index (χ4n) is 6.50. The number of para-hydroxylation sites is 1. The minimum atomic E-state index is 0.952. The summed E-state index contributed by atoms with van der Waals surface area (Å²) in [5.74, 6) is 0. The molecule has 0 spiro atoms. The highest BCUT2D eigenvalue weighted by molar-refractivity contribution is 6.29. The molecular weight excluding hydrogens is 470 g/mol. The van der Waals surface area contributed by atoms with Gasteiger partial charge in [-0.25, -0.2) is 0 Å². The van der Waals surface area contributed by atoms with Gasteiger partial charge in [0.1, 0.15) is 0 Å². The van der Waals surface area contributed by atoms with E-state index in [-0.39, 0.29) is 0 Å². The molecule has 1 nitrogen and oxygen atoms in total. The van der Waals surface area contributed by atoms with E-state index in [1.165, 1.54) is 76.4 Å². The molecule has 39 heavy (non-hydrogen) atoms. The lowest BCUT2D eigenvalue weighted by Gasteiger charge is -2.13. The second kappa shape index (κ2) is 8.58. The maximum absolute atomic E-state index is 2.45. The zero-order valence-corrected chi connectivity index (χ0v) is 21.9. The Hall–Kier alpha value is -4.88. The molecule has 0 bridgehead atoms. The summed E-state index contributed by atoms with van der Waals surface area (Å²) >= 11 is 0. The first-order valence-corrected chi connectivity index (χ1v) is 13.8. The van der Waals surface area contributed by atoms with Gasteiger partial charge in [0, 0.05) is 28.4 Å². The molecule has 1 heterocycles. The molecule has 1 heteroatoms. The Morgan fingerprint density at radius 3 is 1.59 bits per heavy atom. The highest BCUT2D eigenvalue weighted by atomic mass is 15.0. The van der Waals surface area contributed by atoms with Gasteiger partial charge in [-0.3, -0.25) is 0 Å². The Labute approximate surface area is 227 Å². The molecular formula is C38H27N. The van der Waals surface area contributed by atoms with E-state index in [9.17, 15) is 0 Å². The lowest BCUT2D eigenvalue weighted by Crippen LogP contribution is -1.93. The average molecular weight is 498 g/mol. The van der Waals surface area contributed by atoms with Gasteiger partial charge < -0.3 is 4.57 Å². The molecule has 0 saturated heterocycles. The Balaban J connectivity index is 1.39. The Morgan fingerprint density at radius 2 is 0.872 bits per heavy atom. The summed E-state index contributed by atoms with van der Waals surface area (Å²) in [5, 5.41) is 10.5. The van der Waals surface area contributed by atoms with Crippen molar-refractivity contribution in [3.63, 3.8) is 0 Å². The number of aryl methyl sites for hydroxylation is 1. The first-order valence-electron chi connectivity index (χ1n) is 13.8. The molecule has 8 rings (SSSR count). The fourth-order valence-corrected chi connectivity index (χ4v) is 6.50. The second-order valence-corrected chi connectivity index (χ2v) is 10.4. The Kier molecular flexibility index (Phi) is 4.87. The molecule has 0 aliphatic carbocycles. The smallest absolute Gasteiger partial charge is 0.0497 e. The van der Waals surface area contributed by atoms with Crippen LogP contribution in [0.15, 0.2) is 133 Å². The van der Waals surface area contributed by atoms with Crippen molar-refractivity contribution < 1.29 is 0 Å². The molecule has 0 saturated carbocycles. The molecule has 7 aromatic carbocycles. The monoisotopic (exact) mass is 497 g/mol.